The van der Waals surface area contributed by atoms with E-state index in [1.807, 2.05) is 5.01 Å². The monoisotopic (exact) mass is 495 g/mol. The van der Waals surface area contributed by atoms with Crippen molar-refractivity contribution in [3.63, 3.8) is 0 Å². The number of furan rings is 1. The van der Waals surface area contributed by atoms with Crippen LogP contribution < -0.4 is 15.5 Å². The molecule has 2 aromatic carbocycles. The molecule has 1 aromatic heterocycles. The summed E-state index contributed by atoms with van der Waals surface area (Å²) in [7, 11) is 0. The van der Waals surface area contributed by atoms with Gasteiger partial charge in [0.15, 0.2) is 5.76 Å². The zero-order valence-electron chi connectivity index (χ0n) is 17.7. The number of halogens is 3. The molecule has 0 saturated carbocycles. The minimum absolute atomic E-state index is 0.0172. The lowest BCUT2D eigenvalue weighted by atomic mass is 10.1. The van der Waals surface area contributed by atoms with Gasteiger partial charge in [0.2, 0.25) is 0 Å². The third-order valence-electron chi connectivity index (χ3n) is 5.42. The highest BCUT2D eigenvalue weighted by atomic mass is 35.5. The first-order valence-corrected chi connectivity index (χ1v) is 11.4. The van der Waals surface area contributed by atoms with Crippen molar-refractivity contribution in [1.29, 1.82) is 0 Å². The molecule has 1 amide bonds. The molecule has 1 aliphatic rings. The van der Waals surface area contributed by atoms with Gasteiger partial charge in [0, 0.05) is 42.2 Å². The summed E-state index contributed by atoms with van der Waals surface area (Å²) in [6.07, 6.45) is 0.728. The molecule has 10 heteroatoms. The lowest BCUT2D eigenvalue weighted by molar-refractivity contribution is 0.0621. The SMILES string of the molecule is O=C(NC1CCN(NCC(O)COc2ccc(Cl)c(F)c2)CC1)c1cc2cc(Cl)ccc2o1. The number of ether oxygens (including phenoxy) is 1. The van der Waals surface area contributed by atoms with E-state index >= 15 is 0 Å². The van der Waals surface area contributed by atoms with E-state index in [9.17, 15) is 14.3 Å². The largest absolute Gasteiger partial charge is 0.491 e. The van der Waals surface area contributed by atoms with Crippen molar-refractivity contribution in [2.24, 2.45) is 0 Å². The van der Waals surface area contributed by atoms with Gasteiger partial charge in [-0.3, -0.25) is 10.2 Å². The number of rotatable bonds is 8. The van der Waals surface area contributed by atoms with Gasteiger partial charge in [-0.1, -0.05) is 23.2 Å². The predicted octanol–water partition coefficient (Wildman–Crippen LogP) is 4.02. The number of amides is 1. The summed E-state index contributed by atoms with van der Waals surface area (Å²) in [5.41, 5.74) is 3.79. The maximum Gasteiger partial charge on any atom is 0.287 e. The fourth-order valence-electron chi connectivity index (χ4n) is 3.62. The van der Waals surface area contributed by atoms with E-state index in [0.717, 1.165) is 18.2 Å². The minimum atomic E-state index is -0.775. The van der Waals surface area contributed by atoms with Crippen LogP contribution in [0.25, 0.3) is 11.0 Å². The molecule has 0 bridgehead atoms. The highest BCUT2D eigenvalue weighted by Crippen LogP contribution is 2.23. The Morgan fingerprint density at radius 1 is 1.21 bits per heavy atom. The van der Waals surface area contributed by atoms with E-state index in [4.69, 9.17) is 32.4 Å². The van der Waals surface area contributed by atoms with Crippen LogP contribution in [-0.4, -0.2) is 54.4 Å². The molecule has 7 nitrogen and oxygen atoms in total. The Bertz CT molecular complexity index is 1120. The van der Waals surface area contributed by atoms with Crippen molar-refractivity contribution in [3.8, 4) is 5.75 Å². The molecule has 3 N–H and O–H groups in total. The zero-order chi connectivity index (χ0) is 23.4. The highest BCUT2D eigenvalue weighted by Gasteiger charge is 2.23. The van der Waals surface area contributed by atoms with Crippen molar-refractivity contribution in [2.75, 3.05) is 26.2 Å². The number of piperidine rings is 1. The van der Waals surface area contributed by atoms with E-state index in [0.29, 0.717) is 29.4 Å². The van der Waals surface area contributed by atoms with E-state index < -0.39 is 11.9 Å². The van der Waals surface area contributed by atoms with Gasteiger partial charge in [-0.15, -0.1) is 0 Å². The lowest BCUT2D eigenvalue weighted by Crippen LogP contribution is -2.51. The predicted molar refractivity (Wildman–Crippen MR) is 124 cm³/mol. The Hall–Kier alpha value is -2.36. The van der Waals surface area contributed by atoms with Crippen LogP contribution in [0, 0.1) is 5.82 Å². The van der Waals surface area contributed by atoms with Crippen LogP contribution in [-0.2, 0) is 0 Å². The number of hydrazine groups is 1. The number of aliphatic hydroxyl groups excluding tert-OH is 1. The highest BCUT2D eigenvalue weighted by molar-refractivity contribution is 6.31. The Morgan fingerprint density at radius 2 is 2.00 bits per heavy atom. The van der Waals surface area contributed by atoms with E-state index in [1.54, 1.807) is 30.3 Å². The Kier molecular flexibility index (Phi) is 7.72. The number of fused-ring (bicyclic) bond motifs is 1. The number of nitrogens with zero attached hydrogens (tertiary/aromatic N) is 1. The quantitative estimate of drug-likeness (QED) is 0.437. The van der Waals surface area contributed by atoms with Crippen molar-refractivity contribution in [1.82, 2.24) is 15.8 Å². The van der Waals surface area contributed by atoms with Crippen LogP contribution in [0.1, 0.15) is 23.4 Å². The zero-order valence-corrected chi connectivity index (χ0v) is 19.2. The summed E-state index contributed by atoms with van der Waals surface area (Å²) in [5, 5.41) is 16.5. The molecule has 0 radical (unpaired) electrons. The molecule has 1 unspecified atom stereocenters. The number of benzene rings is 2. The van der Waals surface area contributed by atoms with Gasteiger partial charge >= 0.3 is 0 Å². The third kappa shape index (κ3) is 6.37. The second-order valence-corrected chi connectivity index (χ2v) is 8.77. The van der Waals surface area contributed by atoms with Gasteiger partial charge < -0.3 is 19.6 Å². The van der Waals surface area contributed by atoms with Crippen LogP contribution in [0.15, 0.2) is 46.9 Å². The summed E-state index contributed by atoms with van der Waals surface area (Å²) in [6, 6.07) is 11.1. The van der Waals surface area contributed by atoms with E-state index in [1.165, 1.54) is 12.1 Å². The fourth-order valence-corrected chi connectivity index (χ4v) is 3.92. The molecule has 0 spiro atoms. The molecular formula is C23H24Cl2FN3O4. The van der Waals surface area contributed by atoms with Gasteiger partial charge in [0.05, 0.1) is 5.02 Å². The molecule has 3 aromatic rings. The second-order valence-electron chi connectivity index (χ2n) is 7.93. The first-order valence-electron chi connectivity index (χ1n) is 10.6. The van der Waals surface area contributed by atoms with Crippen molar-refractivity contribution in [2.45, 2.75) is 25.0 Å². The number of carbonyl (C=O) groups excluding carboxylic acids is 1. The van der Waals surface area contributed by atoms with Gasteiger partial charge in [0.1, 0.15) is 29.9 Å². The number of nitrogens with one attached hydrogen (secondary N) is 2. The standard InChI is InChI=1S/C23H24Cl2FN3O4/c24-15-1-4-21-14(9-15)10-22(33-21)23(31)28-16-5-7-29(8-6-16)27-12-17(30)13-32-18-2-3-19(25)20(26)11-18/h1-4,9-11,16-17,27,30H,5-8,12-13H2,(H,28,31). The summed E-state index contributed by atoms with van der Waals surface area (Å²) in [4.78, 5) is 12.5. The number of carbonyl (C=O) groups is 1. The average Bonchev–Trinajstić information content (AvgIpc) is 3.23. The van der Waals surface area contributed by atoms with Crippen LogP contribution in [0.2, 0.25) is 10.0 Å². The average molecular weight is 496 g/mol. The maximum atomic E-state index is 13.4. The molecule has 1 saturated heterocycles. The fraction of sp³-hybridized carbons (Fsp3) is 0.348. The normalized spacial score (nSPS) is 16.1. The number of hydrogen-bond acceptors (Lipinski definition) is 6. The first-order chi connectivity index (χ1) is 15.9. The molecule has 1 atom stereocenters. The lowest BCUT2D eigenvalue weighted by Gasteiger charge is -2.33. The molecule has 33 heavy (non-hydrogen) atoms. The smallest absolute Gasteiger partial charge is 0.287 e. The summed E-state index contributed by atoms with van der Waals surface area (Å²) >= 11 is 11.6. The summed E-state index contributed by atoms with van der Waals surface area (Å²) < 4.78 is 24.5. The van der Waals surface area contributed by atoms with Crippen LogP contribution >= 0.6 is 23.2 Å². The van der Waals surface area contributed by atoms with Gasteiger partial charge in [0.25, 0.3) is 5.91 Å². The third-order valence-corrected chi connectivity index (χ3v) is 5.96. The molecule has 0 aliphatic carbocycles. The van der Waals surface area contributed by atoms with Crippen molar-refractivity contribution in [3.05, 3.63) is 64.1 Å². The number of hydrogen-bond donors (Lipinski definition) is 3. The molecule has 1 aliphatic heterocycles. The summed E-state index contributed by atoms with van der Waals surface area (Å²) in [6.45, 7) is 1.71. The van der Waals surface area contributed by atoms with Crippen LogP contribution in [0.5, 0.6) is 5.75 Å². The summed E-state index contributed by atoms with van der Waals surface area (Å²) in [5.74, 6) is -0.252. The van der Waals surface area contributed by atoms with Crippen molar-refractivity contribution >= 4 is 40.1 Å². The topological polar surface area (TPSA) is 87.0 Å². The minimum Gasteiger partial charge on any atom is -0.491 e. The molecule has 4 rings (SSSR count). The Balaban J connectivity index is 1.17. The maximum absolute atomic E-state index is 13.4. The molecule has 176 valence electrons. The van der Waals surface area contributed by atoms with E-state index in [-0.39, 0.29) is 35.9 Å². The second kappa shape index (κ2) is 10.7. The van der Waals surface area contributed by atoms with E-state index in [2.05, 4.69) is 10.7 Å². The Morgan fingerprint density at radius 3 is 2.76 bits per heavy atom. The molecule has 1 fully saturated rings. The van der Waals surface area contributed by atoms with Gasteiger partial charge in [-0.05, 0) is 49.2 Å². The first kappa shape index (κ1) is 23.8. The molecule has 2 heterocycles. The Labute approximate surface area is 200 Å². The van der Waals surface area contributed by atoms with Crippen molar-refractivity contribution < 1.29 is 23.4 Å². The van der Waals surface area contributed by atoms with Gasteiger partial charge in [-0.25, -0.2) is 9.40 Å². The molecular weight excluding hydrogens is 472 g/mol. The van der Waals surface area contributed by atoms with Crippen LogP contribution in [0.3, 0.4) is 0 Å². The van der Waals surface area contributed by atoms with Crippen LogP contribution in [0.4, 0.5) is 4.39 Å². The number of aliphatic hydroxyl groups is 1. The van der Waals surface area contributed by atoms with Gasteiger partial charge in [-0.2, -0.15) is 0 Å².